The molecule has 1 aromatic carbocycles. The number of nitro benzene ring substituents is 1. The fourth-order valence-electron chi connectivity index (χ4n) is 0.917. The maximum Gasteiger partial charge on any atom is 0.293 e. The lowest BCUT2D eigenvalue weighted by atomic mass is 10.3. The van der Waals surface area contributed by atoms with Gasteiger partial charge < -0.3 is 5.43 Å². The zero-order valence-electron chi connectivity index (χ0n) is 6.98. The van der Waals surface area contributed by atoms with Crippen molar-refractivity contribution in [2.75, 3.05) is 11.7 Å². The first-order chi connectivity index (χ1) is 6.19. The number of anilines is 1. The number of rotatable bonds is 3. The summed E-state index contributed by atoms with van der Waals surface area (Å²) in [6.45, 7) is 0. The van der Waals surface area contributed by atoms with Crippen molar-refractivity contribution < 1.29 is 4.92 Å². The van der Waals surface area contributed by atoms with Crippen molar-refractivity contribution in [1.82, 2.24) is 0 Å². The molecule has 3 N–H and O–H groups in total. The lowest BCUT2D eigenvalue weighted by molar-refractivity contribution is -0.384. The fraction of sp³-hybridized carbons (Fsp3) is 0.143. The first-order valence-electron chi connectivity index (χ1n) is 3.48. The molecule has 0 bridgehead atoms. The van der Waals surface area contributed by atoms with E-state index in [4.69, 9.17) is 5.84 Å². The largest absolute Gasteiger partial charge is 0.318 e. The van der Waals surface area contributed by atoms with Gasteiger partial charge in [0.05, 0.1) is 4.92 Å². The van der Waals surface area contributed by atoms with Crippen LogP contribution in [0.25, 0.3) is 0 Å². The van der Waals surface area contributed by atoms with Crippen LogP contribution in [0.1, 0.15) is 0 Å². The molecule has 0 fully saturated rings. The van der Waals surface area contributed by atoms with E-state index in [-0.39, 0.29) is 5.69 Å². The van der Waals surface area contributed by atoms with Gasteiger partial charge in [-0.3, -0.25) is 16.0 Å². The third kappa shape index (κ3) is 2.10. The highest BCUT2D eigenvalue weighted by Crippen LogP contribution is 2.27. The standard InChI is InChI=1S/C7H9N3O2S/c1-13-5-2-3-7(10(11)12)6(4-5)9-8/h2-4,9H,8H2,1H3. The number of thioether (sulfide) groups is 1. The van der Waals surface area contributed by atoms with Crippen LogP contribution in [-0.4, -0.2) is 11.2 Å². The molecule has 0 aliphatic rings. The fourth-order valence-corrected chi connectivity index (χ4v) is 1.36. The van der Waals surface area contributed by atoms with E-state index in [1.54, 1.807) is 12.1 Å². The van der Waals surface area contributed by atoms with Crippen LogP contribution in [0.2, 0.25) is 0 Å². The van der Waals surface area contributed by atoms with Gasteiger partial charge in [-0.25, -0.2) is 0 Å². The lowest BCUT2D eigenvalue weighted by Gasteiger charge is -2.02. The summed E-state index contributed by atoms with van der Waals surface area (Å²) in [6.07, 6.45) is 1.89. The molecule has 0 heterocycles. The van der Waals surface area contributed by atoms with Crippen LogP contribution in [0.4, 0.5) is 11.4 Å². The summed E-state index contributed by atoms with van der Waals surface area (Å²) in [5, 5.41) is 10.5. The Bertz CT molecular complexity index is 330. The number of nitro groups is 1. The molecular weight excluding hydrogens is 190 g/mol. The highest BCUT2D eigenvalue weighted by molar-refractivity contribution is 7.98. The molecule has 0 radical (unpaired) electrons. The summed E-state index contributed by atoms with van der Waals surface area (Å²) < 4.78 is 0. The minimum Gasteiger partial charge on any atom is -0.318 e. The monoisotopic (exact) mass is 199 g/mol. The Hall–Kier alpha value is -1.27. The molecular formula is C7H9N3O2S. The zero-order valence-corrected chi connectivity index (χ0v) is 7.80. The third-order valence-electron chi connectivity index (χ3n) is 1.56. The molecule has 0 aliphatic carbocycles. The molecule has 6 heteroatoms. The smallest absolute Gasteiger partial charge is 0.293 e. The van der Waals surface area contributed by atoms with Crippen molar-refractivity contribution in [3.05, 3.63) is 28.3 Å². The number of benzene rings is 1. The van der Waals surface area contributed by atoms with Crippen molar-refractivity contribution in [3.63, 3.8) is 0 Å². The highest BCUT2D eigenvalue weighted by atomic mass is 32.2. The molecule has 0 atom stereocenters. The molecule has 0 unspecified atom stereocenters. The van der Waals surface area contributed by atoms with E-state index in [1.807, 2.05) is 6.26 Å². The van der Waals surface area contributed by atoms with Gasteiger partial charge in [-0.15, -0.1) is 11.8 Å². The van der Waals surface area contributed by atoms with E-state index in [1.165, 1.54) is 17.8 Å². The van der Waals surface area contributed by atoms with E-state index in [2.05, 4.69) is 5.43 Å². The van der Waals surface area contributed by atoms with E-state index in [9.17, 15) is 10.1 Å². The first kappa shape index (κ1) is 9.82. The van der Waals surface area contributed by atoms with E-state index >= 15 is 0 Å². The first-order valence-corrected chi connectivity index (χ1v) is 4.70. The Balaban J connectivity index is 3.15. The summed E-state index contributed by atoms with van der Waals surface area (Å²) in [6, 6.07) is 4.76. The van der Waals surface area contributed by atoms with Crippen molar-refractivity contribution >= 4 is 23.1 Å². The third-order valence-corrected chi connectivity index (χ3v) is 2.28. The van der Waals surface area contributed by atoms with Crippen LogP contribution in [-0.2, 0) is 0 Å². The Morgan fingerprint density at radius 1 is 1.62 bits per heavy atom. The van der Waals surface area contributed by atoms with Gasteiger partial charge in [0, 0.05) is 11.0 Å². The minimum atomic E-state index is -0.473. The molecule has 0 saturated heterocycles. The number of nitrogen functional groups attached to an aromatic ring is 1. The molecule has 0 aliphatic heterocycles. The molecule has 5 nitrogen and oxygen atoms in total. The summed E-state index contributed by atoms with van der Waals surface area (Å²) in [4.78, 5) is 10.9. The van der Waals surface area contributed by atoms with Crippen LogP contribution in [0.15, 0.2) is 23.1 Å². The van der Waals surface area contributed by atoms with Gasteiger partial charge in [-0.2, -0.15) is 0 Å². The number of nitrogens with zero attached hydrogens (tertiary/aromatic N) is 1. The van der Waals surface area contributed by atoms with Crippen LogP contribution in [0.3, 0.4) is 0 Å². The van der Waals surface area contributed by atoms with Gasteiger partial charge in [0.25, 0.3) is 5.69 Å². The second-order valence-electron chi connectivity index (χ2n) is 2.28. The Morgan fingerprint density at radius 3 is 2.77 bits per heavy atom. The Labute approximate surface area is 79.4 Å². The van der Waals surface area contributed by atoms with Gasteiger partial charge >= 0.3 is 0 Å². The van der Waals surface area contributed by atoms with E-state index in [0.717, 1.165) is 4.90 Å². The van der Waals surface area contributed by atoms with Gasteiger partial charge in [0.1, 0.15) is 5.69 Å². The van der Waals surface area contributed by atoms with Gasteiger partial charge in [0.2, 0.25) is 0 Å². The lowest BCUT2D eigenvalue weighted by Crippen LogP contribution is -2.08. The predicted molar refractivity (Wildman–Crippen MR) is 52.7 cm³/mol. The molecule has 13 heavy (non-hydrogen) atoms. The molecule has 1 rings (SSSR count). The minimum absolute atomic E-state index is 0.0136. The van der Waals surface area contributed by atoms with Crippen molar-refractivity contribution in [2.45, 2.75) is 4.90 Å². The molecule has 0 saturated carbocycles. The van der Waals surface area contributed by atoms with Crippen molar-refractivity contribution in [2.24, 2.45) is 5.84 Å². The molecule has 0 aromatic heterocycles. The maximum atomic E-state index is 10.5. The number of nitrogens with two attached hydrogens (primary N) is 1. The second kappa shape index (κ2) is 4.11. The van der Waals surface area contributed by atoms with Crippen LogP contribution in [0, 0.1) is 10.1 Å². The quantitative estimate of drug-likeness (QED) is 0.334. The molecule has 0 amide bonds. The van der Waals surface area contributed by atoms with Crippen LogP contribution in [0.5, 0.6) is 0 Å². The summed E-state index contributed by atoms with van der Waals surface area (Å²) in [5.41, 5.74) is 2.61. The van der Waals surface area contributed by atoms with Crippen LogP contribution < -0.4 is 11.3 Å². The highest BCUT2D eigenvalue weighted by Gasteiger charge is 2.12. The average Bonchev–Trinajstić information content (AvgIpc) is 2.16. The zero-order chi connectivity index (χ0) is 9.84. The molecule has 70 valence electrons. The molecule has 1 aromatic rings. The Kier molecular flexibility index (Phi) is 3.10. The summed E-state index contributed by atoms with van der Waals surface area (Å²) in [5.74, 6) is 5.15. The number of nitrogens with one attached hydrogen (secondary N) is 1. The van der Waals surface area contributed by atoms with Crippen molar-refractivity contribution in [1.29, 1.82) is 0 Å². The van der Waals surface area contributed by atoms with Crippen LogP contribution >= 0.6 is 11.8 Å². The number of hydrazine groups is 1. The number of hydrogen-bond donors (Lipinski definition) is 2. The normalized spacial score (nSPS) is 9.69. The summed E-state index contributed by atoms with van der Waals surface area (Å²) in [7, 11) is 0. The maximum absolute atomic E-state index is 10.5. The predicted octanol–water partition coefficient (Wildman–Crippen LogP) is 1.60. The van der Waals surface area contributed by atoms with Gasteiger partial charge in [0.15, 0.2) is 0 Å². The molecule has 0 spiro atoms. The van der Waals surface area contributed by atoms with E-state index < -0.39 is 4.92 Å². The number of hydrogen-bond acceptors (Lipinski definition) is 5. The average molecular weight is 199 g/mol. The van der Waals surface area contributed by atoms with Crippen molar-refractivity contribution in [3.8, 4) is 0 Å². The van der Waals surface area contributed by atoms with Gasteiger partial charge in [-0.1, -0.05) is 0 Å². The van der Waals surface area contributed by atoms with E-state index in [0.29, 0.717) is 5.69 Å². The second-order valence-corrected chi connectivity index (χ2v) is 3.16. The van der Waals surface area contributed by atoms with Gasteiger partial charge in [-0.05, 0) is 18.4 Å². The topological polar surface area (TPSA) is 81.2 Å². The SMILES string of the molecule is CSc1ccc([N+](=O)[O-])c(NN)c1. The summed E-state index contributed by atoms with van der Waals surface area (Å²) >= 11 is 1.50. The Morgan fingerprint density at radius 2 is 2.31 bits per heavy atom.